The van der Waals surface area contributed by atoms with E-state index < -0.39 is 0 Å². The molecule has 0 bridgehead atoms. The van der Waals surface area contributed by atoms with Gasteiger partial charge in [0.15, 0.2) is 0 Å². The summed E-state index contributed by atoms with van der Waals surface area (Å²) >= 11 is 0. The maximum absolute atomic E-state index is 9.11. The molecular weight excluding hydrogens is 188 g/mol. The van der Waals surface area contributed by atoms with Crippen molar-refractivity contribution < 1.29 is 5.11 Å². The zero-order valence-electron chi connectivity index (χ0n) is 8.82. The second-order valence-corrected chi connectivity index (χ2v) is 4.07. The van der Waals surface area contributed by atoms with Crippen LogP contribution in [0.5, 0.6) is 0 Å². The number of rotatable bonds is 3. The van der Waals surface area contributed by atoms with Crippen LogP contribution in [-0.2, 0) is 0 Å². The van der Waals surface area contributed by atoms with Gasteiger partial charge in [0, 0.05) is 6.04 Å². The molecule has 2 rings (SSSR count). The Labute approximate surface area is 90.3 Å². The smallest absolute Gasteiger partial charge is 0.0624 e. The SMILES string of the molecule is N[C@H](CO)c1ccccc1C1CCCN1. The van der Waals surface area contributed by atoms with Crippen LogP contribution in [0.3, 0.4) is 0 Å². The van der Waals surface area contributed by atoms with Crippen LogP contribution in [0.4, 0.5) is 0 Å². The molecule has 3 heteroatoms. The Morgan fingerprint density at radius 2 is 2.27 bits per heavy atom. The highest BCUT2D eigenvalue weighted by Gasteiger charge is 2.20. The van der Waals surface area contributed by atoms with Gasteiger partial charge in [-0.25, -0.2) is 0 Å². The van der Waals surface area contributed by atoms with Crippen molar-refractivity contribution in [2.45, 2.75) is 24.9 Å². The van der Waals surface area contributed by atoms with Crippen molar-refractivity contribution in [2.24, 2.45) is 5.73 Å². The van der Waals surface area contributed by atoms with Crippen molar-refractivity contribution in [1.29, 1.82) is 0 Å². The van der Waals surface area contributed by atoms with Crippen LogP contribution < -0.4 is 11.1 Å². The first-order valence-corrected chi connectivity index (χ1v) is 5.51. The molecule has 0 radical (unpaired) electrons. The van der Waals surface area contributed by atoms with Crippen molar-refractivity contribution in [2.75, 3.05) is 13.2 Å². The average Bonchev–Trinajstić information content (AvgIpc) is 2.81. The summed E-state index contributed by atoms with van der Waals surface area (Å²) in [5.41, 5.74) is 8.20. The summed E-state index contributed by atoms with van der Waals surface area (Å²) in [4.78, 5) is 0. The Morgan fingerprint density at radius 3 is 2.93 bits per heavy atom. The lowest BCUT2D eigenvalue weighted by Crippen LogP contribution is -2.21. The molecule has 1 unspecified atom stereocenters. The number of benzene rings is 1. The van der Waals surface area contributed by atoms with Crippen LogP contribution in [0.2, 0.25) is 0 Å². The van der Waals surface area contributed by atoms with E-state index in [0.717, 1.165) is 18.5 Å². The number of nitrogens with two attached hydrogens (primary N) is 1. The maximum Gasteiger partial charge on any atom is 0.0624 e. The molecule has 3 nitrogen and oxygen atoms in total. The highest BCUT2D eigenvalue weighted by atomic mass is 16.3. The van der Waals surface area contributed by atoms with Crippen molar-refractivity contribution in [3.05, 3.63) is 35.4 Å². The average molecular weight is 206 g/mol. The molecule has 4 N–H and O–H groups in total. The first kappa shape index (κ1) is 10.6. The maximum atomic E-state index is 9.11. The quantitative estimate of drug-likeness (QED) is 0.694. The van der Waals surface area contributed by atoms with Crippen LogP contribution in [0.15, 0.2) is 24.3 Å². The summed E-state index contributed by atoms with van der Waals surface area (Å²) < 4.78 is 0. The topological polar surface area (TPSA) is 58.3 Å². The number of aliphatic hydroxyl groups is 1. The number of hydrogen-bond donors (Lipinski definition) is 3. The fourth-order valence-corrected chi connectivity index (χ4v) is 2.21. The molecule has 0 aromatic heterocycles. The Bertz CT molecular complexity index is 321. The molecule has 1 aromatic carbocycles. The van der Waals surface area contributed by atoms with E-state index in [-0.39, 0.29) is 12.6 Å². The highest BCUT2D eigenvalue weighted by molar-refractivity contribution is 5.33. The van der Waals surface area contributed by atoms with Gasteiger partial charge < -0.3 is 16.2 Å². The van der Waals surface area contributed by atoms with E-state index in [1.165, 1.54) is 12.0 Å². The normalized spacial score (nSPS) is 22.9. The summed E-state index contributed by atoms with van der Waals surface area (Å²) in [6.07, 6.45) is 2.38. The van der Waals surface area contributed by atoms with Gasteiger partial charge in [-0.15, -0.1) is 0 Å². The minimum absolute atomic E-state index is 0.00370. The fourth-order valence-electron chi connectivity index (χ4n) is 2.21. The largest absolute Gasteiger partial charge is 0.394 e. The molecule has 1 aliphatic rings. The molecular formula is C12H18N2O. The van der Waals surface area contributed by atoms with E-state index >= 15 is 0 Å². The predicted molar refractivity (Wildman–Crippen MR) is 60.4 cm³/mol. The second-order valence-electron chi connectivity index (χ2n) is 4.07. The third-order valence-corrected chi connectivity index (χ3v) is 3.03. The Balaban J connectivity index is 2.28. The third kappa shape index (κ3) is 2.20. The van der Waals surface area contributed by atoms with Crippen LogP contribution in [0, 0.1) is 0 Å². The molecule has 0 spiro atoms. The summed E-state index contributed by atoms with van der Waals surface area (Å²) in [7, 11) is 0. The van der Waals surface area contributed by atoms with Gasteiger partial charge in [0.05, 0.1) is 12.6 Å². The molecule has 0 amide bonds. The van der Waals surface area contributed by atoms with Crippen molar-refractivity contribution in [1.82, 2.24) is 5.32 Å². The predicted octanol–water partition coefficient (Wildman–Crippen LogP) is 1.10. The molecule has 1 fully saturated rings. The van der Waals surface area contributed by atoms with Gasteiger partial charge in [0.25, 0.3) is 0 Å². The lowest BCUT2D eigenvalue weighted by molar-refractivity contribution is 0.267. The van der Waals surface area contributed by atoms with E-state index in [0.29, 0.717) is 6.04 Å². The van der Waals surface area contributed by atoms with Crippen LogP contribution in [0.1, 0.15) is 36.1 Å². The standard InChI is InChI=1S/C12H18N2O/c13-11(8-15)9-4-1-2-5-10(9)12-6-3-7-14-12/h1-2,4-5,11-12,14-15H,3,6-8,13H2/t11-,12?/m1/s1. The zero-order chi connectivity index (χ0) is 10.7. The Morgan fingerprint density at radius 1 is 1.47 bits per heavy atom. The Hall–Kier alpha value is -0.900. The summed E-state index contributed by atoms with van der Waals surface area (Å²) in [5, 5.41) is 12.6. The number of hydrogen-bond acceptors (Lipinski definition) is 3. The number of aliphatic hydroxyl groups excluding tert-OH is 1. The van der Waals surface area contributed by atoms with Crippen molar-refractivity contribution in [3.63, 3.8) is 0 Å². The molecule has 0 saturated carbocycles. The van der Waals surface area contributed by atoms with Gasteiger partial charge in [-0.05, 0) is 30.5 Å². The minimum Gasteiger partial charge on any atom is -0.394 e. The first-order valence-electron chi connectivity index (χ1n) is 5.51. The minimum atomic E-state index is -0.261. The first-order chi connectivity index (χ1) is 7.33. The van der Waals surface area contributed by atoms with Crippen molar-refractivity contribution in [3.8, 4) is 0 Å². The van der Waals surface area contributed by atoms with Gasteiger partial charge in [-0.3, -0.25) is 0 Å². The molecule has 0 aliphatic carbocycles. The van der Waals surface area contributed by atoms with Gasteiger partial charge in [-0.1, -0.05) is 24.3 Å². The molecule has 1 aliphatic heterocycles. The molecule has 82 valence electrons. The summed E-state index contributed by atoms with van der Waals surface area (Å²) in [6, 6.07) is 8.28. The molecule has 15 heavy (non-hydrogen) atoms. The Kier molecular flexibility index (Phi) is 3.36. The van der Waals surface area contributed by atoms with Gasteiger partial charge in [0.2, 0.25) is 0 Å². The lowest BCUT2D eigenvalue weighted by atomic mass is 9.95. The van der Waals surface area contributed by atoms with Crippen molar-refractivity contribution >= 4 is 0 Å². The van der Waals surface area contributed by atoms with Gasteiger partial charge >= 0.3 is 0 Å². The van der Waals surface area contributed by atoms with E-state index in [4.69, 9.17) is 10.8 Å². The second kappa shape index (κ2) is 4.75. The summed E-state index contributed by atoms with van der Waals surface area (Å²) in [5.74, 6) is 0. The molecule has 1 aromatic rings. The molecule has 1 saturated heterocycles. The van der Waals surface area contributed by atoms with E-state index in [1.807, 2.05) is 18.2 Å². The van der Waals surface area contributed by atoms with E-state index in [9.17, 15) is 0 Å². The highest BCUT2D eigenvalue weighted by Crippen LogP contribution is 2.28. The molecule has 2 atom stereocenters. The number of nitrogens with one attached hydrogen (secondary N) is 1. The van der Waals surface area contributed by atoms with Crippen LogP contribution in [-0.4, -0.2) is 18.3 Å². The van der Waals surface area contributed by atoms with E-state index in [2.05, 4.69) is 11.4 Å². The molecule has 1 heterocycles. The zero-order valence-corrected chi connectivity index (χ0v) is 8.82. The summed E-state index contributed by atoms with van der Waals surface area (Å²) in [6.45, 7) is 1.08. The van der Waals surface area contributed by atoms with Crippen LogP contribution >= 0.6 is 0 Å². The lowest BCUT2D eigenvalue weighted by Gasteiger charge is -2.19. The van der Waals surface area contributed by atoms with Gasteiger partial charge in [0.1, 0.15) is 0 Å². The van der Waals surface area contributed by atoms with Crippen LogP contribution in [0.25, 0.3) is 0 Å². The fraction of sp³-hybridized carbons (Fsp3) is 0.500. The monoisotopic (exact) mass is 206 g/mol. The third-order valence-electron chi connectivity index (χ3n) is 3.03. The van der Waals surface area contributed by atoms with E-state index in [1.54, 1.807) is 0 Å². The van der Waals surface area contributed by atoms with Gasteiger partial charge in [-0.2, -0.15) is 0 Å².